The van der Waals surface area contributed by atoms with Crippen LogP contribution in [0, 0.1) is 3.57 Å². The van der Waals surface area contributed by atoms with Crippen LogP contribution in [0.1, 0.15) is 22.4 Å². The molecular weight excluding hydrogens is 767 g/mol. The number of carbonyl (C=O) groups excluding carboxylic acids is 1. The van der Waals surface area contributed by atoms with Crippen LogP contribution in [-0.4, -0.2) is 17.1 Å². The molecule has 6 nitrogen and oxygen atoms in total. The van der Waals surface area contributed by atoms with Crippen molar-refractivity contribution < 1.29 is 22.7 Å². The normalized spacial score (nSPS) is 11.6. The van der Waals surface area contributed by atoms with Gasteiger partial charge >= 0.3 is 6.18 Å². The number of hydrogen-bond donors (Lipinski definition) is 2. The average molecular weight is 784 g/mol. The molecule has 14 heteroatoms. The molecule has 0 saturated carbocycles. The van der Waals surface area contributed by atoms with Gasteiger partial charge in [0.1, 0.15) is 12.4 Å². The number of alkyl halides is 3. The first-order valence-electron chi connectivity index (χ1n) is 11.2. The highest BCUT2D eigenvalue weighted by Gasteiger charge is 2.30. The molecule has 40 heavy (non-hydrogen) atoms. The molecule has 2 N–H and O–H groups in total. The van der Waals surface area contributed by atoms with E-state index in [1.807, 2.05) is 6.07 Å². The number of benzene rings is 3. The van der Waals surface area contributed by atoms with Crippen LogP contribution in [0.4, 0.5) is 24.0 Å². The number of ether oxygens (including phenoxy) is 1. The Morgan fingerprint density at radius 2 is 1.98 bits per heavy atom. The number of nitrogens with one attached hydrogen (secondary N) is 2. The standard InChI is InChI=1S/C26H17BrCl2F3IN4O2S/c27-20-6-14(7-22(33)24(20)39-12-15-4-5-17(28)9-21(15)29)11-34-37-23(38)10-19-13-40-25(36-19)35-18-3-1-2-16(8-18)26(30,31)32/h1-9,11,13H,10,12H2,(H,35,36)(H,37,38)/b34-11-. The van der Waals surface area contributed by atoms with Gasteiger partial charge in [0, 0.05) is 26.7 Å². The van der Waals surface area contributed by atoms with Gasteiger partial charge in [-0.15, -0.1) is 11.3 Å². The minimum atomic E-state index is -4.44. The average Bonchev–Trinajstić information content (AvgIpc) is 3.30. The molecule has 0 aliphatic heterocycles. The summed E-state index contributed by atoms with van der Waals surface area (Å²) in [4.78, 5) is 16.6. The summed E-state index contributed by atoms with van der Waals surface area (Å²) in [5, 5.41) is 9.91. The molecule has 0 bridgehead atoms. The van der Waals surface area contributed by atoms with Crippen LogP contribution in [0.3, 0.4) is 0 Å². The number of carbonyl (C=O) groups is 1. The molecule has 0 aliphatic carbocycles. The SMILES string of the molecule is O=C(Cc1csc(Nc2cccc(C(F)(F)F)c2)n1)N/N=C\c1cc(Br)c(OCc2ccc(Cl)cc2Cl)c(I)c1. The van der Waals surface area contributed by atoms with Gasteiger partial charge in [-0.25, -0.2) is 10.4 Å². The zero-order valence-corrected chi connectivity index (χ0v) is 26.1. The zero-order valence-electron chi connectivity index (χ0n) is 20.0. The number of nitrogens with zero attached hydrogens (tertiary/aromatic N) is 2. The number of halogens is 7. The number of anilines is 2. The van der Waals surface area contributed by atoms with Gasteiger partial charge in [-0.1, -0.05) is 35.3 Å². The lowest BCUT2D eigenvalue weighted by Crippen LogP contribution is -2.20. The number of amides is 1. The van der Waals surface area contributed by atoms with E-state index in [1.54, 1.807) is 29.6 Å². The second-order valence-electron chi connectivity index (χ2n) is 8.16. The number of thiazole rings is 1. The maximum atomic E-state index is 12.9. The highest BCUT2D eigenvalue weighted by atomic mass is 127. The minimum absolute atomic E-state index is 0.0562. The van der Waals surface area contributed by atoms with E-state index in [-0.39, 0.29) is 18.7 Å². The van der Waals surface area contributed by atoms with Crippen LogP contribution in [0.15, 0.2) is 69.6 Å². The van der Waals surface area contributed by atoms with E-state index >= 15 is 0 Å². The lowest BCUT2D eigenvalue weighted by molar-refractivity contribution is -0.137. The summed E-state index contributed by atoms with van der Waals surface area (Å²) >= 11 is 19.0. The van der Waals surface area contributed by atoms with Crippen LogP contribution in [-0.2, 0) is 24.0 Å². The molecule has 0 radical (unpaired) electrons. The number of rotatable bonds is 9. The van der Waals surface area contributed by atoms with E-state index in [9.17, 15) is 18.0 Å². The van der Waals surface area contributed by atoms with E-state index in [0.717, 1.165) is 26.8 Å². The molecule has 0 aliphatic rings. The summed E-state index contributed by atoms with van der Waals surface area (Å²) in [5.74, 6) is 0.228. The summed E-state index contributed by atoms with van der Waals surface area (Å²) in [6.07, 6.45) is -3.01. The molecule has 4 aromatic rings. The number of hydrazone groups is 1. The second-order valence-corrected chi connectivity index (χ2v) is 11.9. The molecule has 0 saturated heterocycles. The summed E-state index contributed by atoms with van der Waals surface area (Å²) < 4.78 is 46.2. The Bertz CT molecular complexity index is 1550. The Hall–Kier alpha value is -2.39. The highest BCUT2D eigenvalue weighted by Crippen LogP contribution is 2.34. The highest BCUT2D eigenvalue weighted by molar-refractivity contribution is 14.1. The van der Waals surface area contributed by atoms with E-state index in [2.05, 4.69) is 59.3 Å². The summed E-state index contributed by atoms with van der Waals surface area (Å²) in [5.41, 5.74) is 3.89. The Morgan fingerprint density at radius 3 is 2.70 bits per heavy atom. The van der Waals surface area contributed by atoms with E-state index in [4.69, 9.17) is 27.9 Å². The summed E-state index contributed by atoms with van der Waals surface area (Å²) in [6, 6.07) is 13.6. The largest absolute Gasteiger partial charge is 0.487 e. The first-order valence-corrected chi connectivity index (χ1v) is 14.7. The molecule has 0 fully saturated rings. The molecule has 208 valence electrons. The minimum Gasteiger partial charge on any atom is -0.487 e. The third kappa shape index (κ3) is 8.56. The van der Waals surface area contributed by atoms with Gasteiger partial charge in [-0.05, 0) is 86.5 Å². The predicted molar refractivity (Wildman–Crippen MR) is 164 cm³/mol. The summed E-state index contributed by atoms with van der Waals surface area (Å²) in [7, 11) is 0. The lowest BCUT2D eigenvalue weighted by atomic mass is 10.2. The fraction of sp³-hybridized carbons (Fsp3) is 0.115. The van der Waals surface area contributed by atoms with Crippen molar-refractivity contribution in [1.29, 1.82) is 0 Å². The maximum Gasteiger partial charge on any atom is 0.416 e. The van der Waals surface area contributed by atoms with E-state index < -0.39 is 17.6 Å². The van der Waals surface area contributed by atoms with E-state index in [1.165, 1.54) is 29.7 Å². The van der Waals surface area contributed by atoms with Crippen molar-refractivity contribution in [2.45, 2.75) is 19.2 Å². The van der Waals surface area contributed by atoms with Crippen molar-refractivity contribution in [2.24, 2.45) is 5.10 Å². The Balaban J connectivity index is 1.30. The summed E-state index contributed by atoms with van der Waals surface area (Å²) in [6.45, 7) is 0.252. The van der Waals surface area contributed by atoms with Crippen molar-refractivity contribution in [3.05, 3.63) is 100 Å². The lowest BCUT2D eigenvalue weighted by Gasteiger charge is -2.12. The number of hydrogen-bond acceptors (Lipinski definition) is 6. The van der Waals surface area contributed by atoms with Crippen molar-refractivity contribution in [2.75, 3.05) is 5.32 Å². The molecule has 0 unspecified atom stereocenters. The fourth-order valence-electron chi connectivity index (χ4n) is 3.31. The molecule has 1 aromatic heterocycles. The van der Waals surface area contributed by atoms with Gasteiger partial charge in [-0.2, -0.15) is 18.3 Å². The van der Waals surface area contributed by atoms with Gasteiger partial charge in [0.05, 0.1) is 31.9 Å². The smallest absolute Gasteiger partial charge is 0.416 e. The molecule has 0 atom stereocenters. The quantitative estimate of drug-likeness (QED) is 0.101. The van der Waals surface area contributed by atoms with Crippen LogP contribution in [0.2, 0.25) is 10.0 Å². The van der Waals surface area contributed by atoms with Crippen LogP contribution >= 0.6 is 73.1 Å². The van der Waals surface area contributed by atoms with Gasteiger partial charge in [0.15, 0.2) is 5.13 Å². The molecule has 3 aromatic carbocycles. The maximum absolute atomic E-state index is 12.9. The zero-order chi connectivity index (χ0) is 28.9. The Kier molecular flexibility index (Phi) is 10.3. The topological polar surface area (TPSA) is 75.6 Å². The number of aromatic nitrogens is 1. The van der Waals surface area contributed by atoms with Crippen molar-refractivity contribution in [3.63, 3.8) is 0 Å². The molecule has 1 heterocycles. The van der Waals surface area contributed by atoms with Crippen molar-refractivity contribution in [1.82, 2.24) is 10.4 Å². The first-order chi connectivity index (χ1) is 19.0. The second kappa shape index (κ2) is 13.5. The van der Waals surface area contributed by atoms with Gasteiger partial charge in [0.25, 0.3) is 0 Å². The third-order valence-electron chi connectivity index (χ3n) is 5.15. The van der Waals surface area contributed by atoms with Crippen LogP contribution < -0.4 is 15.5 Å². The van der Waals surface area contributed by atoms with E-state index in [0.29, 0.717) is 31.1 Å². The van der Waals surface area contributed by atoms with Crippen LogP contribution in [0.25, 0.3) is 0 Å². The van der Waals surface area contributed by atoms with Crippen molar-refractivity contribution in [3.8, 4) is 5.75 Å². The third-order valence-corrected chi connectivity index (χ3v) is 7.93. The van der Waals surface area contributed by atoms with Crippen molar-refractivity contribution >= 4 is 96.0 Å². The molecule has 4 rings (SSSR count). The molecular formula is C26H17BrCl2F3IN4O2S. The Labute approximate surface area is 263 Å². The monoisotopic (exact) mass is 782 g/mol. The first kappa shape index (κ1) is 30.6. The van der Waals surface area contributed by atoms with Crippen LogP contribution in [0.5, 0.6) is 5.75 Å². The van der Waals surface area contributed by atoms with Gasteiger partial charge in [0.2, 0.25) is 5.91 Å². The fourth-order valence-corrected chi connectivity index (χ4v) is 6.27. The predicted octanol–water partition coefficient (Wildman–Crippen LogP) is 8.85. The van der Waals surface area contributed by atoms with Gasteiger partial charge in [-0.3, -0.25) is 4.79 Å². The molecule has 0 spiro atoms. The Morgan fingerprint density at radius 1 is 1.18 bits per heavy atom. The van der Waals surface area contributed by atoms with Gasteiger partial charge < -0.3 is 10.1 Å². The molecule has 1 amide bonds.